The number of halogens is 2. The van der Waals surface area contributed by atoms with E-state index in [1.54, 1.807) is 12.1 Å². The number of nitrogens with zero attached hydrogens (tertiary/aromatic N) is 2. The van der Waals surface area contributed by atoms with E-state index in [-0.39, 0.29) is 16.7 Å². The van der Waals surface area contributed by atoms with Crippen molar-refractivity contribution < 1.29 is 9.18 Å². The number of likely N-dealkylation sites (tertiary alicyclic amines) is 1. The number of benzene rings is 2. The summed E-state index contributed by atoms with van der Waals surface area (Å²) in [5.74, 6) is 0.365. The van der Waals surface area contributed by atoms with Gasteiger partial charge in [0.05, 0.1) is 5.02 Å². The molecule has 3 aliphatic rings. The zero-order valence-corrected chi connectivity index (χ0v) is 18.5. The van der Waals surface area contributed by atoms with Crippen LogP contribution in [0.15, 0.2) is 36.4 Å². The van der Waals surface area contributed by atoms with Crippen LogP contribution < -0.4 is 5.32 Å². The minimum atomic E-state index is -0.347. The highest BCUT2D eigenvalue weighted by molar-refractivity contribution is 6.30. The Labute approximate surface area is 188 Å². The molecular formula is C25H29ClFN3O. The first-order chi connectivity index (χ1) is 15.1. The van der Waals surface area contributed by atoms with Crippen molar-refractivity contribution in [2.75, 3.05) is 26.2 Å². The molecule has 0 radical (unpaired) electrons. The molecule has 6 heteroatoms. The van der Waals surface area contributed by atoms with Gasteiger partial charge >= 0.3 is 0 Å². The van der Waals surface area contributed by atoms with Crippen molar-refractivity contribution in [2.45, 2.75) is 50.7 Å². The molecule has 1 amide bonds. The van der Waals surface area contributed by atoms with Crippen molar-refractivity contribution in [3.8, 4) is 0 Å². The monoisotopic (exact) mass is 441 g/mol. The summed E-state index contributed by atoms with van der Waals surface area (Å²) in [6.07, 6.45) is 4.39. The van der Waals surface area contributed by atoms with Crippen molar-refractivity contribution in [1.29, 1.82) is 0 Å². The van der Waals surface area contributed by atoms with Gasteiger partial charge in [-0.1, -0.05) is 29.8 Å². The quantitative estimate of drug-likeness (QED) is 0.755. The maximum atomic E-state index is 13.7. The summed E-state index contributed by atoms with van der Waals surface area (Å²) >= 11 is 5.80. The molecule has 2 aromatic carbocycles. The Kier molecular flexibility index (Phi) is 6.00. The summed E-state index contributed by atoms with van der Waals surface area (Å²) in [6, 6.07) is 11.9. The molecule has 3 heterocycles. The summed E-state index contributed by atoms with van der Waals surface area (Å²) in [5, 5.41) is 3.60. The number of hydrogen-bond acceptors (Lipinski definition) is 3. The predicted molar refractivity (Wildman–Crippen MR) is 121 cm³/mol. The van der Waals surface area contributed by atoms with Gasteiger partial charge in [0.2, 0.25) is 0 Å². The third kappa shape index (κ3) is 4.36. The van der Waals surface area contributed by atoms with Gasteiger partial charge in [0.15, 0.2) is 0 Å². The zero-order chi connectivity index (χ0) is 21.4. The molecule has 2 fully saturated rings. The van der Waals surface area contributed by atoms with Crippen LogP contribution in [-0.4, -0.2) is 47.9 Å². The Morgan fingerprint density at radius 3 is 2.68 bits per heavy atom. The minimum absolute atomic E-state index is 0.177. The highest BCUT2D eigenvalue weighted by Gasteiger charge is 2.34. The van der Waals surface area contributed by atoms with Gasteiger partial charge in [0.1, 0.15) is 5.82 Å². The second-order valence-electron chi connectivity index (χ2n) is 9.15. The zero-order valence-electron chi connectivity index (χ0n) is 17.7. The van der Waals surface area contributed by atoms with Crippen LogP contribution in [-0.2, 0) is 13.1 Å². The van der Waals surface area contributed by atoms with Crippen molar-refractivity contribution in [3.05, 3.63) is 69.5 Å². The predicted octanol–water partition coefficient (Wildman–Crippen LogP) is 4.57. The van der Waals surface area contributed by atoms with Crippen LogP contribution in [0.3, 0.4) is 0 Å². The number of rotatable bonds is 4. The van der Waals surface area contributed by atoms with E-state index in [0.717, 1.165) is 76.1 Å². The third-order valence-corrected chi connectivity index (χ3v) is 7.43. The molecule has 0 spiro atoms. The van der Waals surface area contributed by atoms with Crippen LogP contribution in [0.5, 0.6) is 0 Å². The lowest BCUT2D eigenvalue weighted by atomic mass is 9.87. The molecule has 0 aliphatic carbocycles. The van der Waals surface area contributed by atoms with Crippen LogP contribution >= 0.6 is 11.6 Å². The van der Waals surface area contributed by atoms with E-state index < -0.39 is 0 Å². The number of fused-ring (bicyclic) bond motifs is 1. The number of carbonyl (C=O) groups is 1. The largest absolute Gasteiger partial charge is 0.330 e. The second-order valence-corrected chi connectivity index (χ2v) is 9.56. The lowest BCUT2D eigenvalue weighted by Crippen LogP contribution is -2.46. The van der Waals surface area contributed by atoms with Gasteiger partial charge in [-0.25, -0.2) is 4.39 Å². The van der Waals surface area contributed by atoms with Crippen LogP contribution in [0.2, 0.25) is 5.02 Å². The van der Waals surface area contributed by atoms with E-state index in [4.69, 9.17) is 11.6 Å². The van der Waals surface area contributed by atoms with Crippen molar-refractivity contribution in [1.82, 2.24) is 15.1 Å². The van der Waals surface area contributed by atoms with Gasteiger partial charge in [0.25, 0.3) is 5.91 Å². The molecule has 2 saturated heterocycles. The lowest BCUT2D eigenvalue weighted by molar-refractivity contribution is 0.0674. The molecule has 31 heavy (non-hydrogen) atoms. The van der Waals surface area contributed by atoms with Crippen LogP contribution in [0.1, 0.15) is 58.6 Å². The molecule has 164 valence electrons. The third-order valence-electron chi connectivity index (χ3n) is 7.12. The summed E-state index contributed by atoms with van der Waals surface area (Å²) in [7, 11) is 0. The first kappa shape index (κ1) is 20.9. The van der Waals surface area contributed by atoms with Crippen molar-refractivity contribution in [2.24, 2.45) is 0 Å². The normalized spacial score (nSPS) is 22.7. The van der Waals surface area contributed by atoms with E-state index in [1.165, 1.54) is 11.1 Å². The lowest BCUT2D eigenvalue weighted by Gasteiger charge is -2.32. The summed E-state index contributed by atoms with van der Waals surface area (Å²) in [6.45, 7) is 5.44. The molecule has 0 bridgehead atoms. The fourth-order valence-electron chi connectivity index (χ4n) is 5.33. The van der Waals surface area contributed by atoms with Crippen molar-refractivity contribution >= 4 is 17.5 Å². The van der Waals surface area contributed by atoms with Gasteiger partial charge in [0, 0.05) is 31.2 Å². The standard InChI is InChI=1S/C25H29ClFN3O/c26-23-6-3-17(12-24(23)27)15-29-10-7-18(8-11-29)19-4-5-22-20(13-19)16-30(25(22)31)21-2-1-9-28-14-21/h3-6,12-13,18,21,28H,1-2,7-11,14-16H2. The molecule has 1 N–H and O–H groups in total. The Hall–Kier alpha value is -1.95. The minimum Gasteiger partial charge on any atom is -0.330 e. The van der Waals surface area contributed by atoms with Crippen LogP contribution in [0, 0.1) is 5.82 Å². The molecule has 1 atom stereocenters. The van der Waals surface area contributed by atoms with Gasteiger partial charge in [-0.15, -0.1) is 0 Å². The van der Waals surface area contributed by atoms with E-state index >= 15 is 0 Å². The van der Waals surface area contributed by atoms with Gasteiger partial charge in [-0.05, 0) is 86.1 Å². The average Bonchev–Trinajstić information content (AvgIpc) is 3.13. The highest BCUT2D eigenvalue weighted by Crippen LogP contribution is 2.33. The van der Waals surface area contributed by atoms with Crippen LogP contribution in [0.25, 0.3) is 0 Å². The summed E-state index contributed by atoms with van der Waals surface area (Å²) in [5.41, 5.74) is 4.39. The number of piperidine rings is 2. The molecule has 2 aromatic rings. The number of amides is 1. The molecule has 4 nitrogen and oxygen atoms in total. The maximum absolute atomic E-state index is 13.7. The molecule has 3 aliphatic heterocycles. The first-order valence-electron chi connectivity index (χ1n) is 11.4. The number of carbonyl (C=O) groups excluding carboxylic acids is 1. The molecule has 0 saturated carbocycles. The van der Waals surface area contributed by atoms with E-state index in [0.29, 0.717) is 12.0 Å². The average molecular weight is 442 g/mol. The highest BCUT2D eigenvalue weighted by atomic mass is 35.5. The fourth-order valence-corrected chi connectivity index (χ4v) is 5.45. The Morgan fingerprint density at radius 1 is 1.10 bits per heavy atom. The number of hydrogen-bond donors (Lipinski definition) is 1. The Balaban J connectivity index is 1.21. The second kappa shape index (κ2) is 8.89. The fraction of sp³-hybridized carbons (Fsp3) is 0.480. The molecule has 1 unspecified atom stereocenters. The first-order valence-corrected chi connectivity index (χ1v) is 11.8. The SMILES string of the molecule is O=C1c2ccc(C3CCN(Cc4ccc(Cl)c(F)c4)CC3)cc2CN1C1CCCNC1. The van der Waals surface area contributed by atoms with Gasteiger partial charge < -0.3 is 10.2 Å². The van der Waals surface area contributed by atoms with Crippen LogP contribution in [0.4, 0.5) is 4.39 Å². The van der Waals surface area contributed by atoms with E-state index in [2.05, 4.69) is 27.2 Å². The summed E-state index contributed by atoms with van der Waals surface area (Å²) < 4.78 is 13.7. The molecule has 5 rings (SSSR count). The van der Waals surface area contributed by atoms with Crippen molar-refractivity contribution in [3.63, 3.8) is 0 Å². The molecular weight excluding hydrogens is 413 g/mol. The molecule has 0 aromatic heterocycles. The topological polar surface area (TPSA) is 35.6 Å². The number of nitrogens with one attached hydrogen (secondary N) is 1. The van der Waals surface area contributed by atoms with E-state index in [1.807, 2.05) is 12.1 Å². The smallest absolute Gasteiger partial charge is 0.254 e. The maximum Gasteiger partial charge on any atom is 0.254 e. The Morgan fingerprint density at radius 2 is 1.94 bits per heavy atom. The van der Waals surface area contributed by atoms with Gasteiger partial charge in [-0.3, -0.25) is 9.69 Å². The van der Waals surface area contributed by atoms with E-state index in [9.17, 15) is 9.18 Å². The summed E-state index contributed by atoms with van der Waals surface area (Å²) in [4.78, 5) is 17.3. The Bertz CT molecular complexity index is 967. The van der Waals surface area contributed by atoms with Gasteiger partial charge in [-0.2, -0.15) is 0 Å².